The third kappa shape index (κ3) is 2.64. The molecule has 1 atom stereocenters. The number of hydrogen-bond acceptors (Lipinski definition) is 4. The molecule has 1 aromatic rings. The molecule has 0 aromatic heterocycles. The highest BCUT2D eigenvalue weighted by Gasteiger charge is 2.12. The Morgan fingerprint density at radius 3 is 2.69 bits per heavy atom. The summed E-state index contributed by atoms with van der Waals surface area (Å²) in [5.74, 6) is -1.11. The Morgan fingerprint density at radius 1 is 1.50 bits per heavy atom. The minimum Gasteiger partial charge on any atom is -0.504 e. The topological polar surface area (TPSA) is 93.4 Å². The second kappa shape index (κ2) is 5.03. The number of amides is 1. The third-order valence-electron chi connectivity index (χ3n) is 2.11. The van der Waals surface area contributed by atoms with Crippen molar-refractivity contribution >= 4 is 5.91 Å². The number of nitriles is 1. The molecule has 16 heavy (non-hydrogen) atoms. The summed E-state index contributed by atoms with van der Waals surface area (Å²) in [6.45, 7) is 1.78. The first-order chi connectivity index (χ1) is 7.58. The highest BCUT2D eigenvalue weighted by Crippen LogP contribution is 2.24. The van der Waals surface area contributed by atoms with E-state index < -0.39 is 11.9 Å². The summed E-state index contributed by atoms with van der Waals surface area (Å²) < 4.78 is 0. The third-order valence-corrected chi connectivity index (χ3v) is 2.11. The number of nitrogens with one attached hydrogen (secondary N) is 1. The molecule has 0 saturated carbocycles. The molecule has 0 spiro atoms. The van der Waals surface area contributed by atoms with E-state index in [0.717, 1.165) is 6.07 Å². The fourth-order valence-corrected chi connectivity index (χ4v) is 1.13. The molecule has 0 aliphatic heterocycles. The summed E-state index contributed by atoms with van der Waals surface area (Å²) in [5.41, 5.74) is 0.198. The van der Waals surface area contributed by atoms with Crippen molar-refractivity contribution in [3.63, 3.8) is 0 Å². The molecule has 0 fully saturated rings. The zero-order valence-corrected chi connectivity index (χ0v) is 8.77. The predicted molar refractivity (Wildman–Crippen MR) is 56.9 cm³/mol. The first-order valence-electron chi connectivity index (χ1n) is 4.81. The van der Waals surface area contributed by atoms with Crippen LogP contribution in [0.2, 0.25) is 0 Å². The number of phenolic OH excluding ortho intramolecular Hbond substituents is 2. The molecule has 0 bridgehead atoms. The number of carbonyl (C=O) groups excluding carboxylic acids is 1. The van der Waals surface area contributed by atoms with E-state index in [-0.39, 0.29) is 17.1 Å². The van der Waals surface area contributed by atoms with Gasteiger partial charge in [0.2, 0.25) is 0 Å². The zero-order chi connectivity index (χ0) is 12.1. The summed E-state index contributed by atoms with van der Waals surface area (Å²) in [6.07, 6.45) is 0.506. The average Bonchev–Trinajstić information content (AvgIpc) is 2.29. The van der Waals surface area contributed by atoms with E-state index in [2.05, 4.69) is 5.32 Å². The molecule has 0 aliphatic carbocycles. The lowest BCUT2D eigenvalue weighted by atomic mass is 10.1. The molecule has 5 nitrogen and oxygen atoms in total. The normalized spacial score (nSPS) is 11.5. The quantitative estimate of drug-likeness (QED) is 0.665. The van der Waals surface area contributed by atoms with Crippen LogP contribution in [0.5, 0.6) is 11.5 Å². The van der Waals surface area contributed by atoms with E-state index in [9.17, 15) is 9.90 Å². The lowest BCUT2D eigenvalue weighted by Gasteiger charge is -2.09. The van der Waals surface area contributed by atoms with Gasteiger partial charge in [-0.05, 0) is 24.6 Å². The van der Waals surface area contributed by atoms with Crippen LogP contribution in [-0.4, -0.2) is 22.2 Å². The van der Waals surface area contributed by atoms with E-state index >= 15 is 0 Å². The van der Waals surface area contributed by atoms with Crippen molar-refractivity contribution in [2.75, 3.05) is 0 Å². The molecule has 0 heterocycles. The van der Waals surface area contributed by atoms with Crippen LogP contribution in [0.25, 0.3) is 0 Å². The molecule has 0 aliphatic rings. The van der Waals surface area contributed by atoms with Crippen LogP contribution in [0.1, 0.15) is 23.7 Å². The Labute approximate surface area is 92.9 Å². The number of aromatic hydroxyl groups is 2. The average molecular weight is 220 g/mol. The Hall–Kier alpha value is -2.22. The molecule has 1 aromatic carbocycles. The van der Waals surface area contributed by atoms with Crippen LogP contribution in [0.15, 0.2) is 18.2 Å². The number of nitrogens with zero attached hydrogens (tertiary/aromatic N) is 1. The van der Waals surface area contributed by atoms with Gasteiger partial charge in [0.05, 0.1) is 6.07 Å². The van der Waals surface area contributed by atoms with Crippen molar-refractivity contribution in [1.29, 1.82) is 5.26 Å². The van der Waals surface area contributed by atoms with Crippen molar-refractivity contribution in [1.82, 2.24) is 5.32 Å². The summed E-state index contributed by atoms with van der Waals surface area (Å²) in [6, 6.07) is 5.12. The van der Waals surface area contributed by atoms with Crippen molar-refractivity contribution in [2.24, 2.45) is 0 Å². The highest BCUT2D eigenvalue weighted by molar-refractivity contribution is 5.95. The Kier molecular flexibility index (Phi) is 3.72. The van der Waals surface area contributed by atoms with Gasteiger partial charge in [-0.2, -0.15) is 5.26 Å². The fourth-order valence-electron chi connectivity index (χ4n) is 1.13. The highest BCUT2D eigenvalue weighted by atomic mass is 16.3. The number of benzene rings is 1. The van der Waals surface area contributed by atoms with Gasteiger partial charge in [0, 0.05) is 5.56 Å². The maximum absolute atomic E-state index is 11.6. The lowest BCUT2D eigenvalue weighted by molar-refractivity contribution is 0.0944. The summed E-state index contributed by atoms with van der Waals surface area (Å²) in [7, 11) is 0. The number of carbonyl (C=O) groups is 1. The van der Waals surface area contributed by atoms with E-state index in [0.29, 0.717) is 6.42 Å². The van der Waals surface area contributed by atoms with Crippen LogP contribution >= 0.6 is 0 Å². The maximum Gasteiger partial charge on any atom is 0.252 e. The van der Waals surface area contributed by atoms with E-state index in [4.69, 9.17) is 10.4 Å². The van der Waals surface area contributed by atoms with Crippen LogP contribution in [-0.2, 0) is 0 Å². The Balaban J connectivity index is 2.81. The van der Waals surface area contributed by atoms with Gasteiger partial charge in [-0.3, -0.25) is 4.79 Å². The van der Waals surface area contributed by atoms with Gasteiger partial charge < -0.3 is 15.5 Å². The Bertz CT molecular complexity index is 437. The van der Waals surface area contributed by atoms with Crippen molar-refractivity contribution in [2.45, 2.75) is 19.4 Å². The van der Waals surface area contributed by atoms with Crippen LogP contribution in [0, 0.1) is 11.3 Å². The van der Waals surface area contributed by atoms with Crippen molar-refractivity contribution < 1.29 is 15.0 Å². The zero-order valence-electron chi connectivity index (χ0n) is 8.77. The Morgan fingerprint density at radius 2 is 2.19 bits per heavy atom. The summed E-state index contributed by atoms with van der Waals surface area (Å²) in [5, 5.41) is 29.4. The molecule has 1 rings (SSSR count). The van der Waals surface area contributed by atoms with Crippen LogP contribution in [0.3, 0.4) is 0 Å². The van der Waals surface area contributed by atoms with Gasteiger partial charge in [0.1, 0.15) is 6.04 Å². The molecular formula is C11H12N2O3. The van der Waals surface area contributed by atoms with Gasteiger partial charge in [0.15, 0.2) is 11.5 Å². The molecule has 3 N–H and O–H groups in total. The van der Waals surface area contributed by atoms with E-state index in [1.165, 1.54) is 12.1 Å². The molecule has 0 saturated heterocycles. The largest absolute Gasteiger partial charge is 0.504 e. The predicted octanol–water partition coefficient (Wildman–Crippen LogP) is 1.13. The second-order valence-corrected chi connectivity index (χ2v) is 3.27. The fraction of sp³-hybridized carbons (Fsp3) is 0.273. The van der Waals surface area contributed by atoms with Gasteiger partial charge in [-0.25, -0.2) is 0 Å². The van der Waals surface area contributed by atoms with Gasteiger partial charge in [-0.15, -0.1) is 0 Å². The second-order valence-electron chi connectivity index (χ2n) is 3.27. The van der Waals surface area contributed by atoms with Crippen molar-refractivity contribution in [3.8, 4) is 17.6 Å². The molecule has 1 amide bonds. The van der Waals surface area contributed by atoms with Crippen LogP contribution < -0.4 is 5.32 Å². The molecule has 1 unspecified atom stereocenters. The number of rotatable bonds is 3. The number of hydrogen-bond donors (Lipinski definition) is 3. The standard InChI is InChI=1S/C11H12N2O3/c1-2-8(6-12)13-11(16)7-3-4-9(14)10(15)5-7/h3-5,8,14-15H,2H2,1H3,(H,13,16). The summed E-state index contributed by atoms with van der Waals surface area (Å²) >= 11 is 0. The minimum atomic E-state index is -0.552. The van der Waals surface area contributed by atoms with Crippen molar-refractivity contribution in [3.05, 3.63) is 23.8 Å². The van der Waals surface area contributed by atoms with Gasteiger partial charge in [-0.1, -0.05) is 6.92 Å². The molecular weight excluding hydrogens is 208 g/mol. The minimum absolute atomic E-state index is 0.198. The van der Waals surface area contributed by atoms with Gasteiger partial charge in [0.25, 0.3) is 5.91 Å². The van der Waals surface area contributed by atoms with E-state index in [1.54, 1.807) is 6.92 Å². The molecule has 0 radical (unpaired) electrons. The first-order valence-corrected chi connectivity index (χ1v) is 4.81. The lowest BCUT2D eigenvalue weighted by Crippen LogP contribution is -2.33. The van der Waals surface area contributed by atoms with Crippen LogP contribution in [0.4, 0.5) is 0 Å². The first kappa shape index (κ1) is 11.9. The maximum atomic E-state index is 11.6. The molecule has 5 heteroatoms. The molecule has 84 valence electrons. The number of phenols is 2. The SMILES string of the molecule is CCC(C#N)NC(=O)c1ccc(O)c(O)c1. The summed E-state index contributed by atoms with van der Waals surface area (Å²) in [4.78, 5) is 11.6. The monoisotopic (exact) mass is 220 g/mol. The van der Waals surface area contributed by atoms with E-state index in [1.807, 2.05) is 6.07 Å². The van der Waals surface area contributed by atoms with Gasteiger partial charge >= 0.3 is 0 Å². The smallest absolute Gasteiger partial charge is 0.252 e.